The van der Waals surface area contributed by atoms with E-state index < -0.39 is 5.97 Å². The van der Waals surface area contributed by atoms with Crippen LogP contribution in [0.5, 0.6) is 0 Å². The van der Waals surface area contributed by atoms with Crippen molar-refractivity contribution in [3.8, 4) is 0 Å². The van der Waals surface area contributed by atoms with Crippen molar-refractivity contribution >= 4 is 5.97 Å². The molecule has 0 bridgehead atoms. The molecule has 4 nitrogen and oxygen atoms in total. The Kier molecular flexibility index (Phi) is 15.8. The molecule has 0 aliphatic rings. The summed E-state index contributed by atoms with van der Waals surface area (Å²) >= 11 is 0. The van der Waals surface area contributed by atoms with Crippen LogP contribution in [0.15, 0.2) is 60.4 Å². The maximum Gasteiger partial charge on any atom is 0.303 e. The molecule has 0 aromatic rings. The molecule has 0 saturated carbocycles. The Hall–Kier alpha value is -2.07. The number of unbranched alkanes of at least 4 members (excludes halogenated alkanes) is 3. The minimum atomic E-state index is -0.738. The van der Waals surface area contributed by atoms with Crippen LogP contribution in [-0.4, -0.2) is 16.3 Å². The molecule has 2 N–H and O–H groups in total. The molecule has 0 heterocycles. The lowest BCUT2D eigenvalue weighted by atomic mass is 10.2. The van der Waals surface area contributed by atoms with Gasteiger partial charge in [-0.15, -0.1) is 0 Å². The topological polar surface area (TPSA) is 66.8 Å². The molecule has 0 saturated heterocycles. The minimum absolute atomic E-state index is 0.231. The zero-order chi connectivity index (χ0) is 17.9. The predicted octanol–water partition coefficient (Wildman–Crippen LogP) is 5.81. The largest absolute Gasteiger partial charge is 0.481 e. The third-order valence-electron chi connectivity index (χ3n) is 3.16. The van der Waals surface area contributed by atoms with Crippen LogP contribution in [0.2, 0.25) is 0 Å². The number of aliphatic carboxylic acids is 1. The van der Waals surface area contributed by atoms with E-state index in [1.165, 1.54) is 0 Å². The SMILES string of the molecule is CCCCC=C(C=CC=CCC=CCC=CCCCC(=O)O)OO. The molecule has 0 aromatic carbocycles. The zero-order valence-corrected chi connectivity index (χ0v) is 14.6. The van der Waals surface area contributed by atoms with E-state index >= 15 is 0 Å². The van der Waals surface area contributed by atoms with Crippen LogP contribution in [0.1, 0.15) is 58.3 Å². The van der Waals surface area contributed by atoms with Crippen molar-refractivity contribution in [2.75, 3.05) is 0 Å². The molecule has 0 fully saturated rings. The van der Waals surface area contributed by atoms with Crippen molar-refractivity contribution in [1.29, 1.82) is 0 Å². The highest BCUT2D eigenvalue weighted by molar-refractivity contribution is 5.66. The van der Waals surface area contributed by atoms with Gasteiger partial charge in [-0.05, 0) is 50.7 Å². The number of allylic oxidation sites excluding steroid dienone is 9. The molecule has 0 aliphatic heterocycles. The van der Waals surface area contributed by atoms with Crippen molar-refractivity contribution in [2.24, 2.45) is 0 Å². The summed E-state index contributed by atoms with van der Waals surface area (Å²) in [5.74, 6) is -0.269. The van der Waals surface area contributed by atoms with Crippen LogP contribution in [0, 0.1) is 0 Å². The van der Waals surface area contributed by atoms with Crippen LogP contribution in [0.4, 0.5) is 0 Å². The number of hydrogen-bond acceptors (Lipinski definition) is 3. The molecule has 0 atom stereocenters. The molecule has 0 aromatic heterocycles. The maximum absolute atomic E-state index is 10.3. The summed E-state index contributed by atoms with van der Waals surface area (Å²) in [5, 5.41) is 17.2. The molecule has 0 radical (unpaired) electrons. The van der Waals surface area contributed by atoms with Gasteiger partial charge in [0, 0.05) is 6.42 Å². The van der Waals surface area contributed by atoms with Gasteiger partial charge in [0.25, 0.3) is 0 Å². The van der Waals surface area contributed by atoms with E-state index in [0.29, 0.717) is 12.2 Å². The van der Waals surface area contributed by atoms with Crippen molar-refractivity contribution in [3.05, 3.63) is 60.4 Å². The third-order valence-corrected chi connectivity index (χ3v) is 3.16. The minimum Gasteiger partial charge on any atom is -0.481 e. The Morgan fingerprint density at radius 2 is 1.67 bits per heavy atom. The summed E-state index contributed by atoms with van der Waals surface area (Å²) < 4.78 is 0. The van der Waals surface area contributed by atoms with E-state index in [-0.39, 0.29) is 6.42 Å². The summed E-state index contributed by atoms with van der Waals surface area (Å²) in [5.41, 5.74) is 0. The van der Waals surface area contributed by atoms with Gasteiger partial charge >= 0.3 is 5.97 Å². The zero-order valence-electron chi connectivity index (χ0n) is 14.6. The second-order valence-corrected chi connectivity index (χ2v) is 5.33. The van der Waals surface area contributed by atoms with Crippen molar-refractivity contribution in [2.45, 2.75) is 58.3 Å². The van der Waals surface area contributed by atoms with E-state index in [2.05, 4.69) is 24.0 Å². The molecule has 4 heteroatoms. The lowest BCUT2D eigenvalue weighted by Crippen LogP contribution is -1.92. The fraction of sp³-hybridized carbons (Fsp3) is 0.450. The summed E-state index contributed by atoms with van der Waals surface area (Å²) in [6.45, 7) is 2.12. The molecule has 24 heavy (non-hydrogen) atoms. The van der Waals surface area contributed by atoms with E-state index in [1.54, 1.807) is 6.08 Å². The molecule has 0 spiro atoms. The van der Waals surface area contributed by atoms with Crippen LogP contribution < -0.4 is 0 Å². The molecular weight excluding hydrogens is 304 g/mol. The van der Waals surface area contributed by atoms with Crippen molar-refractivity contribution in [3.63, 3.8) is 0 Å². The predicted molar refractivity (Wildman–Crippen MR) is 98.6 cm³/mol. The van der Waals surface area contributed by atoms with Gasteiger partial charge in [0.05, 0.1) is 0 Å². The number of hydrogen-bond donors (Lipinski definition) is 2. The second kappa shape index (κ2) is 17.3. The van der Waals surface area contributed by atoms with Crippen molar-refractivity contribution < 1.29 is 20.0 Å². The first-order valence-corrected chi connectivity index (χ1v) is 8.57. The molecule has 0 amide bonds. The summed E-state index contributed by atoms with van der Waals surface area (Å²) in [6.07, 6.45) is 24.1. The van der Waals surface area contributed by atoms with Gasteiger partial charge in [-0.3, -0.25) is 4.79 Å². The molecule has 0 aliphatic carbocycles. The van der Waals surface area contributed by atoms with Gasteiger partial charge in [-0.2, -0.15) is 0 Å². The first kappa shape index (κ1) is 21.9. The highest BCUT2D eigenvalue weighted by atomic mass is 17.1. The smallest absolute Gasteiger partial charge is 0.303 e. The molecule has 0 rings (SSSR count). The van der Waals surface area contributed by atoms with E-state index in [0.717, 1.165) is 38.5 Å². The summed E-state index contributed by atoms with van der Waals surface area (Å²) in [6, 6.07) is 0. The first-order chi connectivity index (χ1) is 11.7. The van der Waals surface area contributed by atoms with Gasteiger partial charge in [-0.1, -0.05) is 55.9 Å². The Labute approximate surface area is 145 Å². The van der Waals surface area contributed by atoms with E-state index in [1.807, 2.05) is 36.5 Å². The Morgan fingerprint density at radius 3 is 2.33 bits per heavy atom. The van der Waals surface area contributed by atoms with Crippen LogP contribution >= 0.6 is 0 Å². The van der Waals surface area contributed by atoms with E-state index in [9.17, 15) is 4.79 Å². The number of carboxylic acids is 1. The quantitative estimate of drug-likeness (QED) is 0.105. The monoisotopic (exact) mass is 334 g/mol. The lowest BCUT2D eigenvalue weighted by molar-refractivity contribution is -0.198. The van der Waals surface area contributed by atoms with Crippen LogP contribution in [0.25, 0.3) is 0 Å². The summed E-state index contributed by atoms with van der Waals surface area (Å²) in [7, 11) is 0. The van der Waals surface area contributed by atoms with Gasteiger partial charge in [0.1, 0.15) is 0 Å². The van der Waals surface area contributed by atoms with Gasteiger partial charge in [-0.25, -0.2) is 5.26 Å². The summed E-state index contributed by atoms with van der Waals surface area (Å²) in [4.78, 5) is 14.6. The molecular formula is C20H30O4. The maximum atomic E-state index is 10.3. The molecule has 0 unspecified atom stereocenters. The highest BCUT2D eigenvalue weighted by Crippen LogP contribution is 2.04. The first-order valence-electron chi connectivity index (χ1n) is 8.57. The van der Waals surface area contributed by atoms with Crippen LogP contribution in [0.3, 0.4) is 0 Å². The average molecular weight is 334 g/mol. The van der Waals surface area contributed by atoms with Gasteiger partial charge < -0.3 is 9.99 Å². The highest BCUT2D eigenvalue weighted by Gasteiger charge is 1.92. The normalized spacial score (nSPS) is 13.0. The lowest BCUT2D eigenvalue weighted by Gasteiger charge is -1.96. The van der Waals surface area contributed by atoms with Gasteiger partial charge in [0.2, 0.25) is 0 Å². The molecule has 134 valence electrons. The Morgan fingerprint density at radius 1 is 0.958 bits per heavy atom. The van der Waals surface area contributed by atoms with Gasteiger partial charge in [0.15, 0.2) is 5.76 Å². The fourth-order valence-corrected chi connectivity index (χ4v) is 1.83. The number of carbonyl (C=O) groups is 1. The fourth-order valence-electron chi connectivity index (χ4n) is 1.83. The number of rotatable bonds is 14. The van der Waals surface area contributed by atoms with Crippen LogP contribution in [-0.2, 0) is 9.68 Å². The Bertz CT molecular complexity index is 456. The van der Waals surface area contributed by atoms with Crippen molar-refractivity contribution in [1.82, 2.24) is 0 Å². The van der Waals surface area contributed by atoms with E-state index in [4.69, 9.17) is 10.4 Å². The standard InChI is InChI=1S/C20H30O4/c1-2-3-13-16-19(24-23)17-14-11-9-7-5-4-6-8-10-12-15-18-20(21)22/h4-5,8-11,14,16-17,23H,2-3,6-7,12-13,15,18H2,1H3,(H,21,22). The third kappa shape index (κ3) is 16.3. The average Bonchev–Trinajstić information content (AvgIpc) is 2.57. The second-order valence-electron chi connectivity index (χ2n) is 5.33. The Balaban J connectivity index is 3.79. The number of carboxylic acid groups (broad SMARTS) is 1.